The molecule has 3 heterocycles. The van der Waals surface area contributed by atoms with E-state index in [2.05, 4.69) is 20.3 Å². The minimum absolute atomic E-state index is 0.0977. The summed E-state index contributed by atoms with van der Waals surface area (Å²) in [5.74, 6) is 0.964. The molecule has 0 saturated heterocycles. The predicted molar refractivity (Wildman–Crippen MR) is 100 cm³/mol. The van der Waals surface area contributed by atoms with Crippen LogP contribution in [0.1, 0.15) is 18.1 Å². The number of carbonyl (C=O) groups excluding carboxylic acids is 1. The number of thiophene rings is 1. The normalized spacial score (nSPS) is 10.9. The first-order valence-corrected chi connectivity index (χ1v) is 9.59. The topological polar surface area (TPSA) is 104 Å². The Morgan fingerprint density at radius 1 is 1.14 bits per heavy atom. The zero-order valence-electron chi connectivity index (χ0n) is 14.4. The van der Waals surface area contributed by atoms with Gasteiger partial charge in [-0.15, -0.1) is 0 Å². The summed E-state index contributed by atoms with van der Waals surface area (Å²) >= 11 is 7.64. The summed E-state index contributed by atoms with van der Waals surface area (Å²) in [6, 6.07) is 9.00. The van der Waals surface area contributed by atoms with Crippen molar-refractivity contribution in [3.8, 4) is 22.8 Å². The van der Waals surface area contributed by atoms with Gasteiger partial charge in [0.25, 0.3) is 5.89 Å². The SMILES string of the molecule is O=C(CCc1nc(-c2ccsc2)no1)OCc1noc(-c2ccccc2Cl)n1. The molecule has 0 N–H and O–H groups in total. The number of benzene rings is 1. The molecule has 4 rings (SSSR count). The fourth-order valence-electron chi connectivity index (χ4n) is 2.35. The van der Waals surface area contributed by atoms with Gasteiger partial charge in [0.1, 0.15) is 0 Å². The molecule has 10 heteroatoms. The fourth-order valence-corrected chi connectivity index (χ4v) is 3.20. The van der Waals surface area contributed by atoms with E-state index in [1.165, 1.54) is 0 Å². The number of hydrogen-bond acceptors (Lipinski definition) is 9. The van der Waals surface area contributed by atoms with E-state index in [9.17, 15) is 4.79 Å². The van der Waals surface area contributed by atoms with Crippen molar-refractivity contribution < 1.29 is 18.6 Å². The lowest BCUT2D eigenvalue weighted by atomic mass is 10.2. The molecule has 0 aliphatic rings. The van der Waals surface area contributed by atoms with Gasteiger partial charge < -0.3 is 13.8 Å². The lowest BCUT2D eigenvalue weighted by Gasteiger charge is -1.99. The number of esters is 1. The van der Waals surface area contributed by atoms with Crippen molar-refractivity contribution in [1.82, 2.24) is 20.3 Å². The molecule has 0 aliphatic carbocycles. The molecular weight excluding hydrogens is 404 g/mol. The van der Waals surface area contributed by atoms with E-state index in [-0.39, 0.29) is 31.2 Å². The Labute approximate surface area is 168 Å². The summed E-state index contributed by atoms with van der Waals surface area (Å²) in [6.07, 6.45) is 0.383. The molecule has 0 fully saturated rings. The van der Waals surface area contributed by atoms with E-state index in [1.807, 2.05) is 22.9 Å². The maximum absolute atomic E-state index is 11.9. The highest BCUT2D eigenvalue weighted by Gasteiger charge is 2.15. The predicted octanol–water partition coefficient (Wildman–Crippen LogP) is 4.18. The van der Waals surface area contributed by atoms with E-state index < -0.39 is 5.97 Å². The standard InChI is InChI=1S/C18H13ClN4O4S/c19-13-4-2-1-3-12(13)18-20-14(22-27-18)9-25-16(24)6-5-15-21-17(23-26-15)11-7-8-28-10-11/h1-4,7-8,10H,5-6,9H2. The number of aromatic nitrogens is 4. The third-order valence-corrected chi connectivity index (χ3v) is 4.74. The minimum Gasteiger partial charge on any atom is -0.457 e. The molecule has 0 bridgehead atoms. The van der Waals surface area contributed by atoms with Gasteiger partial charge in [-0.1, -0.05) is 34.0 Å². The maximum atomic E-state index is 11.9. The molecule has 0 unspecified atom stereocenters. The zero-order chi connectivity index (χ0) is 19.3. The van der Waals surface area contributed by atoms with Crippen LogP contribution in [-0.2, 0) is 22.6 Å². The molecule has 28 heavy (non-hydrogen) atoms. The van der Waals surface area contributed by atoms with Gasteiger partial charge in [0.05, 0.1) is 17.0 Å². The summed E-state index contributed by atoms with van der Waals surface area (Å²) in [7, 11) is 0. The van der Waals surface area contributed by atoms with Crippen LogP contribution in [0, 0.1) is 0 Å². The highest BCUT2D eigenvalue weighted by molar-refractivity contribution is 7.08. The van der Waals surface area contributed by atoms with Gasteiger partial charge in [-0.2, -0.15) is 21.3 Å². The Bertz CT molecular complexity index is 1080. The van der Waals surface area contributed by atoms with Crippen LogP contribution in [0.25, 0.3) is 22.8 Å². The summed E-state index contributed by atoms with van der Waals surface area (Å²) < 4.78 is 15.5. The van der Waals surface area contributed by atoms with E-state index in [4.69, 9.17) is 25.4 Å². The smallest absolute Gasteiger partial charge is 0.306 e. The van der Waals surface area contributed by atoms with Crippen molar-refractivity contribution >= 4 is 28.9 Å². The first kappa shape index (κ1) is 18.3. The number of carbonyl (C=O) groups is 1. The van der Waals surface area contributed by atoms with Crippen LogP contribution in [-0.4, -0.2) is 26.3 Å². The van der Waals surface area contributed by atoms with Gasteiger partial charge in [-0.3, -0.25) is 4.79 Å². The third-order valence-electron chi connectivity index (χ3n) is 3.73. The zero-order valence-corrected chi connectivity index (χ0v) is 15.9. The van der Waals surface area contributed by atoms with Crippen LogP contribution in [0.4, 0.5) is 0 Å². The second kappa shape index (κ2) is 8.32. The van der Waals surface area contributed by atoms with Gasteiger partial charge in [0, 0.05) is 17.4 Å². The van der Waals surface area contributed by atoms with Crippen molar-refractivity contribution in [2.75, 3.05) is 0 Å². The molecule has 0 radical (unpaired) electrons. The second-order valence-corrected chi connectivity index (χ2v) is 6.87. The molecule has 4 aromatic rings. The average Bonchev–Trinajstić information content (AvgIpc) is 3.46. The van der Waals surface area contributed by atoms with Gasteiger partial charge in [0.15, 0.2) is 6.61 Å². The molecule has 3 aromatic heterocycles. The third kappa shape index (κ3) is 4.26. The highest BCUT2D eigenvalue weighted by Crippen LogP contribution is 2.26. The fraction of sp³-hybridized carbons (Fsp3) is 0.167. The quantitative estimate of drug-likeness (QED) is 0.413. The molecule has 0 spiro atoms. The average molecular weight is 417 g/mol. The van der Waals surface area contributed by atoms with Crippen LogP contribution in [0.2, 0.25) is 5.02 Å². The van der Waals surface area contributed by atoms with Gasteiger partial charge in [-0.05, 0) is 23.6 Å². The number of ether oxygens (including phenoxy) is 1. The van der Waals surface area contributed by atoms with Gasteiger partial charge >= 0.3 is 5.97 Å². The monoisotopic (exact) mass is 416 g/mol. The van der Waals surface area contributed by atoms with Gasteiger partial charge in [0.2, 0.25) is 17.5 Å². The lowest BCUT2D eigenvalue weighted by Crippen LogP contribution is -2.07. The van der Waals surface area contributed by atoms with E-state index in [1.54, 1.807) is 29.5 Å². The summed E-state index contributed by atoms with van der Waals surface area (Å²) in [5.41, 5.74) is 1.50. The highest BCUT2D eigenvalue weighted by atomic mass is 35.5. The van der Waals surface area contributed by atoms with Gasteiger partial charge in [-0.25, -0.2) is 0 Å². The van der Waals surface area contributed by atoms with Crippen LogP contribution < -0.4 is 0 Å². The van der Waals surface area contributed by atoms with Crippen LogP contribution in [0.5, 0.6) is 0 Å². The second-order valence-electron chi connectivity index (χ2n) is 5.68. The maximum Gasteiger partial charge on any atom is 0.306 e. The Kier molecular flexibility index (Phi) is 5.45. The van der Waals surface area contributed by atoms with Crippen LogP contribution in [0.15, 0.2) is 50.1 Å². The van der Waals surface area contributed by atoms with Crippen molar-refractivity contribution in [1.29, 1.82) is 0 Å². The molecule has 1 aromatic carbocycles. The Balaban J connectivity index is 1.28. The van der Waals surface area contributed by atoms with Crippen molar-refractivity contribution in [2.45, 2.75) is 19.4 Å². The summed E-state index contributed by atoms with van der Waals surface area (Å²) in [5, 5.41) is 12.0. The Hall–Kier alpha value is -3.04. The van der Waals surface area contributed by atoms with Crippen LogP contribution >= 0.6 is 22.9 Å². The number of halogens is 1. The molecule has 8 nitrogen and oxygen atoms in total. The number of aryl methyl sites for hydroxylation is 1. The lowest BCUT2D eigenvalue weighted by molar-refractivity contribution is -0.145. The summed E-state index contributed by atoms with van der Waals surface area (Å²) in [6.45, 7) is -0.100. The first-order valence-electron chi connectivity index (χ1n) is 8.27. The van der Waals surface area contributed by atoms with Crippen molar-refractivity contribution in [3.05, 3.63) is 57.8 Å². The molecule has 142 valence electrons. The Morgan fingerprint density at radius 2 is 2.04 bits per heavy atom. The number of hydrogen-bond donors (Lipinski definition) is 0. The Morgan fingerprint density at radius 3 is 2.86 bits per heavy atom. The largest absolute Gasteiger partial charge is 0.457 e. The molecule has 0 aliphatic heterocycles. The van der Waals surface area contributed by atoms with E-state index >= 15 is 0 Å². The van der Waals surface area contributed by atoms with Crippen molar-refractivity contribution in [3.63, 3.8) is 0 Å². The van der Waals surface area contributed by atoms with E-state index in [0.717, 1.165) is 5.56 Å². The molecule has 0 atom stereocenters. The van der Waals surface area contributed by atoms with Crippen molar-refractivity contribution in [2.24, 2.45) is 0 Å². The number of rotatable bonds is 7. The molecule has 0 saturated carbocycles. The van der Waals surface area contributed by atoms with E-state index in [0.29, 0.717) is 22.3 Å². The minimum atomic E-state index is -0.431. The first-order chi connectivity index (χ1) is 13.7. The molecule has 0 amide bonds. The molecular formula is C18H13ClN4O4S. The van der Waals surface area contributed by atoms with Crippen LogP contribution in [0.3, 0.4) is 0 Å². The number of nitrogens with zero attached hydrogens (tertiary/aromatic N) is 4. The summed E-state index contributed by atoms with van der Waals surface area (Å²) in [4.78, 5) is 20.4.